The predicted molar refractivity (Wildman–Crippen MR) is 123 cm³/mol. The molecule has 4 heterocycles. The van der Waals surface area contributed by atoms with Crippen LogP contribution in [0.1, 0.15) is 40.5 Å². The second-order valence-corrected chi connectivity index (χ2v) is 11.3. The molecule has 7 nitrogen and oxygen atoms in total. The minimum absolute atomic E-state index is 0.0293. The van der Waals surface area contributed by atoms with Crippen LogP contribution in [0.25, 0.3) is 0 Å². The summed E-state index contributed by atoms with van der Waals surface area (Å²) in [6.45, 7) is 8.38. The van der Waals surface area contributed by atoms with E-state index in [0.717, 1.165) is 12.8 Å². The summed E-state index contributed by atoms with van der Waals surface area (Å²) in [5.74, 6) is -2.09. The molecule has 4 rings (SSSR count). The molecule has 0 saturated carbocycles. The molecule has 4 aliphatic rings. The summed E-state index contributed by atoms with van der Waals surface area (Å²) in [6, 6.07) is -1.29. The number of allylic oxidation sites excluding steroid dienone is 1. The second kappa shape index (κ2) is 8.86. The molecule has 0 aromatic heterocycles. The number of aliphatic hydroxyl groups excluding tert-OH is 1. The zero-order valence-electron chi connectivity index (χ0n) is 19.3. The first-order chi connectivity index (χ1) is 15.2. The largest absolute Gasteiger partial charge is 0.465 e. The molecule has 0 aliphatic carbocycles. The molecule has 2 saturated heterocycles. The molecule has 0 aromatic rings. The summed E-state index contributed by atoms with van der Waals surface area (Å²) in [5, 5.41) is 9.99. The zero-order valence-corrected chi connectivity index (χ0v) is 20.1. The molecular weight excluding hydrogens is 428 g/mol. The van der Waals surface area contributed by atoms with Crippen LogP contribution in [0.15, 0.2) is 24.3 Å². The maximum absolute atomic E-state index is 14.0. The van der Waals surface area contributed by atoms with E-state index in [0.29, 0.717) is 13.2 Å². The Morgan fingerprint density at radius 1 is 1.19 bits per heavy atom. The molecule has 0 aromatic carbocycles. The van der Waals surface area contributed by atoms with Crippen LogP contribution in [0.4, 0.5) is 0 Å². The van der Waals surface area contributed by atoms with Crippen molar-refractivity contribution in [3.63, 3.8) is 0 Å². The highest BCUT2D eigenvalue weighted by Gasteiger charge is 2.71. The lowest BCUT2D eigenvalue weighted by molar-refractivity contribution is -0.154. The molecular formula is C24H34N2O5S. The van der Waals surface area contributed by atoms with Gasteiger partial charge in [-0.1, -0.05) is 38.2 Å². The number of carbonyl (C=O) groups is 3. The SMILES string of the molecule is CC(C)[C@H](CO)N1C(=O)[C@@H]2[C@@H]3C(=O)OCCC/C=C\[C@@H]3S[C@@]23C=CCN(C(C)C)C(=O)C13. The Bertz CT molecular complexity index is 840. The van der Waals surface area contributed by atoms with Crippen molar-refractivity contribution in [1.82, 2.24) is 9.80 Å². The smallest absolute Gasteiger partial charge is 0.311 e. The van der Waals surface area contributed by atoms with Gasteiger partial charge < -0.3 is 19.6 Å². The number of hydrogen-bond acceptors (Lipinski definition) is 6. The third kappa shape index (κ3) is 3.50. The fraction of sp³-hybridized carbons (Fsp3) is 0.708. The summed E-state index contributed by atoms with van der Waals surface area (Å²) >= 11 is 1.54. The van der Waals surface area contributed by atoms with E-state index in [1.807, 2.05) is 45.9 Å². The van der Waals surface area contributed by atoms with Gasteiger partial charge in [-0.25, -0.2) is 0 Å². The van der Waals surface area contributed by atoms with E-state index in [1.165, 1.54) is 0 Å². The zero-order chi connectivity index (χ0) is 23.2. The van der Waals surface area contributed by atoms with Crippen molar-refractivity contribution in [2.75, 3.05) is 19.8 Å². The number of amides is 2. The molecule has 1 spiro atoms. The first kappa shape index (κ1) is 23.4. The molecule has 8 heteroatoms. The topological polar surface area (TPSA) is 87.2 Å². The molecule has 2 amide bonds. The first-order valence-corrected chi connectivity index (χ1v) is 12.5. The molecule has 1 unspecified atom stereocenters. The van der Waals surface area contributed by atoms with Crippen molar-refractivity contribution in [3.8, 4) is 0 Å². The Labute approximate surface area is 194 Å². The summed E-state index contributed by atoms with van der Waals surface area (Å²) < 4.78 is 4.70. The predicted octanol–water partition coefficient (Wildman–Crippen LogP) is 2.00. The van der Waals surface area contributed by atoms with Gasteiger partial charge in [-0.05, 0) is 32.6 Å². The molecule has 2 fully saturated rings. The van der Waals surface area contributed by atoms with Crippen molar-refractivity contribution < 1.29 is 24.2 Å². The number of carbonyl (C=O) groups excluding carboxylic acids is 3. The van der Waals surface area contributed by atoms with Gasteiger partial charge >= 0.3 is 5.97 Å². The van der Waals surface area contributed by atoms with Crippen molar-refractivity contribution >= 4 is 29.5 Å². The lowest BCUT2D eigenvalue weighted by Gasteiger charge is -2.40. The van der Waals surface area contributed by atoms with Gasteiger partial charge in [0.1, 0.15) is 6.04 Å². The van der Waals surface area contributed by atoms with Crippen molar-refractivity contribution in [3.05, 3.63) is 24.3 Å². The van der Waals surface area contributed by atoms with Crippen molar-refractivity contribution in [2.45, 2.75) is 68.7 Å². The minimum Gasteiger partial charge on any atom is -0.465 e. The van der Waals surface area contributed by atoms with E-state index in [4.69, 9.17) is 4.74 Å². The fourth-order valence-electron chi connectivity index (χ4n) is 5.65. The molecule has 0 bridgehead atoms. The van der Waals surface area contributed by atoms with Gasteiger partial charge in [0.05, 0.1) is 35.8 Å². The number of hydrogen-bond donors (Lipinski definition) is 1. The van der Waals surface area contributed by atoms with Crippen LogP contribution in [0.2, 0.25) is 0 Å². The molecule has 32 heavy (non-hydrogen) atoms. The van der Waals surface area contributed by atoms with Crippen molar-refractivity contribution in [2.24, 2.45) is 17.8 Å². The number of esters is 1. The van der Waals surface area contributed by atoms with E-state index in [-0.39, 0.29) is 41.6 Å². The van der Waals surface area contributed by atoms with Gasteiger partial charge in [0.15, 0.2) is 0 Å². The Morgan fingerprint density at radius 2 is 1.94 bits per heavy atom. The highest BCUT2D eigenvalue weighted by atomic mass is 32.2. The fourth-order valence-corrected chi connectivity index (χ4v) is 7.64. The third-order valence-electron chi connectivity index (χ3n) is 7.26. The van der Waals surface area contributed by atoms with Crippen LogP contribution < -0.4 is 0 Å². The van der Waals surface area contributed by atoms with E-state index >= 15 is 0 Å². The number of fused-ring (bicyclic) bond motifs is 2. The lowest BCUT2D eigenvalue weighted by Crippen LogP contribution is -2.58. The maximum Gasteiger partial charge on any atom is 0.311 e. The quantitative estimate of drug-likeness (QED) is 0.508. The highest BCUT2D eigenvalue weighted by molar-refractivity contribution is 8.02. The monoisotopic (exact) mass is 462 g/mol. The summed E-state index contributed by atoms with van der Waals surface area (Å²) in [5.41, 5.74) is 0. The van der Waals surface area contributed by atoms with E-state index < -0.39 is 28.7 Å². The average molecular weight is 463 g/mol. The van der Waals surface area contributed by atoms with E-state index in [2.05, 4.69) is 6.08 Å². The van der Waals surface area contributed by atoms with Gasteiger partial charge in [-0.15, -0.1) is 11.8 Å². The summed E-state index contributed by atoms with van der Waals surface area (Å²) in [7, 11) is 0. The molecule has 176 valence electrons. The Kier molecular flexibility index (Phi) is 6.47. The normalized spacial score (nSPS) is 36.8. The van der Waals surface area contributed by atoms with Crippen LogP contribution in [0.5, 0.6) is 0 Å². The Balaban J connectivity index is 1.88. The Morgan fingerprint density at radius 3 is 2.59 bits per heavy atom. The molecule has 4 aliphatic heterocycles. The third-order valence-corrected chi connectivity index (χ3v) is 9.00. The van der Waals surface area contributed by atoms with Gasteiger partial charge in [0.25, 0.3) is 0 Å². The number of likely N-dealkylation sites (tertiary alicyclic amines) is 1. The first-order valence-electron chi connectivity index (χ1n) is 11.7. The standard InChI is InChI=1S/C24H34N2O5S/c1-14(2)16(13-27)26-20-22(29)25(15(3)4)11-8-10-24(20)19(21(26)28)18-17(32-24)9-6-5-7-12-31-23(18)30/h6,8-10,14-20,27H,5,7,11-13H2,1-4H3/b9-6-/t16-,17-,18+,19-,20?,24-/m0/s1. The summed E-state index contributed by atoms with van der Waals surface area (Å²) in [6.07, 6.45) is 9.63. The van der Waals surface area contributed by atoms with Gasteiger partial charge in [-0.3, -0.25) is 14.4 Å². The van der Waals surface area contributed by atoms with E-state index in [1.54, 1.807) is 21.6 Å². The number of rotatable bonds is 4. The molecule has 6 atom stereocenters. The van der Waals surface area contributed by atoms with Gasteiger partial charge in [0, 0.05) is 17.8 Å². The average Bonchev–Trinajstić information content (AvgIpc) is 3.13. The lowest BCUT2D eigenvalue weighted by atomic mass is 9.78. The van der Waals surface area contributed by atoms with Gasteiger partial charge in [0.2, 0.25) is 11.8 Å². The number of thioether (sulfide) groups is 1. The number of ether oxygens (including phenoxy) is 1. The molecule has 1 N–H and O–H groups in total. The van der Waals surface area contributed by atoms with Crippen LogP contribution in [0.3, 0.4) is 0 Å². The highest BCUT2D eigenvalue weighted by Crippen LogP contribution is 2.61. The van der Waals surface area contributed by atoms with Crippen LogP contribution >= 0.6 is 11.8 Å². The Hall–Kier alpha value is -1.80. The van der Waals surface area contributed by atoms with E-state index in [9.17, 15) is 19.5 Å². The van der Waals surface area contributed by atoms with Crippen LogP contribution in [0, 0.1) is 17.8 Å². The van der Waals surface area contributed by atoms with Gasteiger partial charge in [-0.2, -0.15) is 0 Å². The van der Waals surface area contributed by atoms with Crippen LogP contribution in [-0.4, -0.2) is 80.6 Å². The number of cyclic esters (lactones) is 1. The van der Waals surface area contributed by atoms with Crippen LogP contribution in [-0.2, 0) is 19.1 Å². The molecule has 0 radical (unpaired) electrons. The second-order valence-electron chi connectivity index (χ2n) is 9.81. The number of nitrogens with zero attached hydrogens (tertiary/aromatic N) is 2. The maximum atomic E-state index is 14.0. The minimum atomic E-state index is -0.863. The number of aliphatic hydroxyl groups is 1. The summed E-state index contributed by atoms with van der Waals surface area (Å²) in [4.78, 5) is 44.5. The van der Waals surface area contributed by atoms with Crippen molar-refractivity contribution in [1.29, 1.82) is 0 Å².